The topological polar surface area (TPSA) is 225 Å². The Labute approximate surface area is 491 Å². The Kier molecular flexibility index (Phi) is 21.7. The van der Waals surface area contributed by atoms with Gasteiger partial charge in [-0.05, 0) is 142 Å². The maximum Gasteiger partial charge on any atom is 0.284 e. The predicted octanol–water partition coefficient (Wildman–Crippen LogP) is 8.50. The van der Waals surface area contributed by atoms with E-state index in [0.717, 1.165) is 92.6 Å². The maximum absolute atomic E-state index is 14.7. The highest BCUT2D eigenvalue weighted by Gasteiger charge is 2.43. The van der Waals surface area contributed by atoms with Gasteiger partial charge in [-0.25, -0.2) is 13.8 Å². The number of oxazole rings is 1. The first-order valence-corrected chi connectivity index (χ1v) is 30.1. The number of rotatable bonds is 29. The molecule has 3 aromatic heterocycles. The summed E-state index contributed by atoms with van der Waals surface area (Å²) >= 11 is 0. The molecule has 2 aromatic carbocycles. The van der Waals surface area contributed by atoms with Crippen molar-refractivity contribution in [3.05, 3.63) is 113 Å². The molecule has 9 rings (SSSR count). The summed E-state index contributed by atoms with van der Waals surface area (Å²) in [5, 5.41) is 19.5. The average molecular weight is 1160 g/mol. The summed E-state index contributed by atoms with van der Waals surface area (Å²) in [4.78, 5) is 65.9. The second kappa shape index (κ2) is 29.4. The molecular formula is C63H84F2N10O9. The molecule has 3 aliphatic carbocycles. The van der Waals surface area contributed by atoms with Crippen molar-refractivity contribution in [2.45, 2.75) is 148 Å². The number of hydrogen-bond acceptors (Lipinski definition) is 14. The number of fused-ring (bicyclic) bond motifs is 2. The van der Waals surface area contributed by atoms with E-state index in [-0.39, 0.29) is 53.6 Å². The largest absolute Gasteiger partial charge is 0.491 e. The van der Waals surface area contributed by atoms with E-state index < -0.39 is 41.6 Å². The zero-order valence-electron chi connectivity index (χ0n) is 49.3. The van der Waals surface area contributed by atoms with Crippen LogP contribution < -0.4 is 31.3 Å². The first-order chi connectivity index (χ1) is 40.6. The van der Waals surface area contributed by atoms with Crippen LogP contribution in [-0.4, -0.2) is 133 Å². The quantitative estimate of drug-likeness (QED) is 0.0283. The molecule has 0 saturated heterocycles. The zero-order chi connectivity index (χ0) is 59.2. The Morgan fingerprint density at radius 2 is 1.58 bits per heavy atom. The standard InChI is InChI=1S/C63H84F2N10O9/c1-40(66-5)58(76)72-56(63(2,3)4)62(79)74-37-46-34-49(22-18-44(46)35-54(74)60(78)69-51-12-8-10-43-9-6-7-11-50(43)51)83-32-31-82-30-29-81-28-27-80-26-25-67-36-42-16-20-48(21-17-42)75-38-52(55(73-75)57(64)65)70-59(77)53-39-84-61(71-53)45-23-24-68-47(33-45)19-15-41-13-14-41/h6-7,9,11,18,22-24,33-34,38-42,48,51,54,56-57,66-67H,8,10,12-17,19-21,25-32,35-37H2,1-5H3,(H,69,78)(H,70,77)(H,72,76)/t40-,42?,48?,51+,54-,56+/m0/s1. The van der Waals surface area contributed by atoms with E-state index in [0.29, 0.717) is 76.4 Å². The number of nitrogens with zero attached hydrogens (tertiary/aromatic N) is 5. The van der Waals surface area contributed by atoms with Crippen LogP contribution in [0, 0.1) is 17.3 Å². The molecule has 0 radical (unpaired) electrons. The number of halogens is 2. The third kappa shape index (κ3) is 16.8. The fraction of sp³-hybridized carbons (Fsp3) is 0.571. The van der Waals surface area contributed by atoms with Crippen LogP contribution in [0.25, 0.3) is 11.5 Å². The number of pyridine rings is 1. The lowest BCUT2D eigenvalue weighted by molar-refractivity contribution is -0.147. The molecule has 19 nitrogen and oxygen atoms in total. The van der Waals surface area contributed by atoms with E-state index in [1.165, 1.54) is 30.9 Å². The molecule has 2 saturated carbocycles. The second-order valence-corrected chi connectivity index (χ2v) is 23.9. The number of benzene rings is 2. The minimum atomic E-state index is -2.87. The molecule has 5 aromatic rings. The number of carbonyl (C=O) groups is 4. The highest BCUT2D eigenvalue weighted by Crippen LogP contribution is 2.37. The third-order valence-electron chi connectivity index (χ3n) is 16.6. The van der Waals surface area contributed by atoms with Gasteiger partial charge in [-0.1, -0.05) is 63.9 Å². The van der Waals surface area contributed by atoms with Crippen LogP contribution in [-0.2, 0) is 54.4 Å². The first-order valence-electron chi connectivity index (χ1n) is 30.1. The van der Waals surface area contributed by atoms with E-state index in [4.69, 9.17) is 23.4 Å². The Hall–Kier alpha value is -6.65. The van der Waals surface area contributed by atoms with E-state index in [1.54, 1.807) is 35.8 Å². The predicted molar refractivity (Wildman–Crippen MR) is 312 cm³/mol. The smallest absolute Gasteiger partial charge is 0.284 e. The number of nitrogens with one attached hydrogen (secondary N) is 5. The number of ether oxygens (including phenoxy) is 4. The van der Waals surface area contributed by atoms with Crippen molar-refractivity contribution in [3.63, 3.8) is 0 Å². The summed E-state index contributed by atoms with van der Waals surface area (Å²) in [6, 6.07) is 15.2. The molecule has 4 amide bonds. The number of aryl methyl sites for hydroxylation is 2. The highest BCUT2D eigenvalue weighted by molar-refractivity contribution is 6.03. The molecule has 84 heavy (non-hydrogen) atoms. The lowest BCUT2D eigenvalue weighted by Gasteiger charge is -2.41. The minimum absolute atomic E-state index is 0.0184. The van der Waals surface area contributed by atoms with Gasteiger partial charge in [-0.15, -0.1) is 0 Å². The van der Waals surface area contributed by atoms with Crippen molar-refractivity contribution in [2.75, 3.05) is 71.7 Å². The van der Waals surface area contributed by atoms with Gasteiger partial charge < -0.3 is 54.8 Å². The highest BCUT2D eigenvalue weighted by atomic mass is 19.3. The summed E-state index contributed by atoms with van der Waals surface area (Å²) in [6.45, 7) is 12.0. The SMILES string of the molecule is CN[C@@H](C)C(=O)N[C@H](C(=O)N1Cc2cc(OCCOCCOCCOCCNCC3CCC(n4cc(NC(=O)c5coc(-c6ccnc(CCC7CC7)c6)n5)c(C(F)F)n4)CC3)ccc2C[C@H]1C(=O)N[C@@H]1CCCc2ccccc21)C(C)(C)C. The van der Waals surface area contributed by atoms with Crippen LogP contribution >= 0.6 is 0 Å². The molecule has 0 spiro atoms. The summed E-state index contributed by atoms with van der Waals surface area (Å²) in [5.41, 5.74) is 4.62. The van der Waals surface area contributed by atoms with Gasteiger partial charge in [0.1, 0.15) is 30.7 Å². The summed E-state index contributed by atoms with van der Waals surface area (Å²) in [6.07, 6.45) is 12.4. The molecule has 4 heterocycles. The molecule has 0 unspecified atom stereocenters. The van der Waals surface area contributed by atoms with Gasteiger partial charge in [-0.3, -0.25) is 28.8 Å². The lowest BCUT2D eigenvalue weighted by atomic mass is 9.83. The van der Waals surface area contributed by atoms with Gasteiger partial charge in [0.2, 0.25) is 23.6 Å². The van der Waals surface area contributed by atoms with Crippen LogP contribution in [0.2, 0.25) is 0 Å². The van der Waals surface area contributed by atoms with Crippen LogP contribution in [0.5, 0.6) is 5.75 Å². The van der Waals surface area contributed by atoms with Crippen LogP contribution in [0.3, 0.4) is 0 Å². The van der Waals surface area contributed by atoms with Crippen LogP contribution in [0.4, 0.5) is 14.5 Å². The molecule has 4 aliphatic rings. The summed E-state index contributed by atoms with van der Waals surface area (Å²) < 4.78 is 58.9. The van der Waals surface area contributed by atoms with E-state index in [2.05, 4.69) is 53.8 Å². The second-order valence-electron chi connectivity index (χ2n) is 23.9. The Bertz CT molecular complexity index is 2990. The Balaban J connectivity index is 0.642. The molecule has 2 fully saturated rings. The van der Waals surface area contributed by atoms with Crippen molar-refractivity contribution < 1.29 is 51.3 Å². The molecule has 5 N–H and O–H groups in total. The van der Waals surface area contributed by atoms with E-state index >= 15 is 0 Å². The average Bonchev–Trinajstić information content (AvgIpc) is 2.01. The molecular weight excluding hydrogens is 1080 g/mol. The number of hydrogen-bond donors (Lipinski definition) is 5. The van der Waals surface area contributed by atoms with Gasteiger partial charge in [-0.2, -0.15) is 5.10 Å². The van der Waals surface area contributed by atoms with Crippen LogP contribution in [0.15, 0.2) is 77.7 Å². The maximum atomic E-state index is 14.7. The van der Waals surface area contributed by atoms with Crippen molar-refractivity contribution >= 4 is 29.3 Å². The number of aromatic nitrogens is 4. The number of carbonyl (C=O) groups excluding carboxylic acids is 4. The van der Waals surface area contributed by atoms with Gasteiger partial charge in [0.25, 0.3) is 12.3 Å². The summed E-state index contributed by atoms with van der Waals surface area (Å²) in [5.74, 6) is 0.600. The van der Waals surface area contributed by atoms with Crippen LogP contribution in [0.1, 0.15) is 148 Å². The minimum Gasteiger partial charge on any atom is -0.491 e. The van der Waals surface area contributed by atoms with Crippen molar-refractivity contribution in [3.8, 4) is 17.2 Å². The Morgan fingerprint density at radius 1 is 0.845 bits per heavy atom. The van der Waals surface area contributed by atoms with Gasteiger partial charge in [0, 0.05) is 43.2 Å². The number of amides is 4. The van der Waals surface area contributed by atoms with Gasteiger partial charge >= 0.3 is 0 Å². The van der Waals surface area contributed by atoms with Gasteiger partial charge in [0.05, 0.1) is 63.5 Å². The van der Waals surface area contributed by atoms with Crippen molar-refractivity contribution in [1.82, 2.24) is 45.9 Å². The molecule has 4 atom stereocenters. The van der Waals surface area contributed by atoms with Crippen molar-refractivity contribution in [2.24, 2.45) is 17.3 Å². The number of anilines is 1. The third-order valence-corrected chi connectivity index (χ3v) is 16.6. The zero-order valence-corrected chi connectivity index (χ0v) is 49.3. The normalized spacial score (nSPS) is 19.5. The van der Waals surface area contributed by atoms with E-state index in [1.807, 2.05) is 57.2 Å². The lowest BCUT2D eigenvalue weighted by Crippen LogP contribution is -2.62. The number of alkyl halides is 2. The monoisotopic (exact) mass is 1160 g/mol. The molecule has 0 bridgehead atoms. The molecule has 21 heteroatoms. The van der Waals surface area contributed by atoms with Crippen molar-refractivity contribution in [1.29, 1.82) is 0 Å². The molecule has 454 valence electrons. The Morgan fingerprint density at radius 3 is 2.32 bits per heavy atom. The molecule has 1 aliphatic heterocycles. The van der Waals surface area contributed by atoms with Gasteiger partial charge in [0.15, 0.2) is 11.4 Å². The van der Waals surface area contributed by atoms with E-state index in [9.17, 15) is 28.0 Å². The first kappa shape index (κ1) is 61.9. The number of likely N-dealkylation sites (N-methyl/N-ethyl adjacent to an activating group) is 1. The fourth-order valence-electron chi connectivity index (χ4n) is 11.4. The summed E-state index contributed by atoms with van der Waals surface area (Å²) in [7, 11) is 1.69. The fourth-order valence-corrected chi connectivity index (χ4v) is 11.4.